The fraction of sp³-hybridized carbons (Fsp3) is 0.250. The van der Waals surface area contributed by atoms with Crippen molar-refractivity contribution in [2.24, 2.45) is 0 Å². The van der Waals surface area contributed by atoms with Crippen molar-refractivity contribution in [3.8, 4) is 0 Å². The average Bonchev–Trinajstić information content (AvgIpc) is 3.26. The molecule has 3 rings (SSSR count). The molecule has 0 bridgehead atoms. The molecule has 3 aromatic rings. The zero-order chi connectivity index (χ0) is 14.9. The molecule has 0 aliphatic rings. The van der Waals surface area contributed by atoms with E-state index in [1.165, 1.54) is 0 Å². The van der Waals surface area contributed by atoms with Crippen LogP contribution in [-0.2, 0) is 4.74 Å². The van der Waals surface area contributed by atoms with E-state index in [0.29, 0.717) is 0 Å². The van der Waals surface area contributed by atoms with Gasteiger partial charge < -0.3 is 18.0 Å². The van der Waals surface area contributed by atoms with Crippen molar-refractivity contribution in [1.29, 1.82) is 0 Å². The standard InChI is InChI=1S/C12H9BO3.C4H10O/c1-4-10(14-7-1)13(11-5-2-8-15-11)12-6-3-9-16-12;1-3-5-4-2/h1-9H;3-4H2,1-2H3. The Morgan fingerprint density at radius 1 is 0.762 bits per heavy atom. The molecular formula is C16H19BO4. The maximum atomic E-state index is 5.42. The molecule has 0 aliphatic carbocycles. The van der Waals surface area contributed by atoms with Crippen molar-refractivity contribution >= 4 is 23.7 Å². The van der Waals surface area contributed by atoms with Gasteiger partial charge in [-0.05, 0) is 50.2 Å². The van der Waals surface area contributed by atoms with Crippen LogP contribution < -0.4 is 17.0 Å². The number of rotatable bonds is 5. The van der Waals surface area contributed by atoms with Gasteiger partial charge in [-0.2, -0.15) is 0 Å². The number of furan rings is 3. The summed E-state index contributed by atoms with van der Waals surface area (Å²) in [6, 6.07) is 11.3. The van der Waals surface area contributed by atoms with E-state index in [9.17, 15) is 0 Å². The highest BCUT2D eigenvalue weighted by molar-refractivity contribution is 6.93. The van der Waals surface area contributed by atoms with E-state index in [-0.39, 0.29) is 6.71 Å². The molecular weight excluding hydrogens is 267 g/mol. The highest BCUT2D eigenvalue weighted by Crippen LogP contribution is 1.96. The van der Waals surface area contributed by atoms with Crippen LogP contribution in [0.2, 0.25) is 0 Å². The summed E-state index contributed by atoms with van der Waals surface area (Å²) in [6.07, 6.45) is 4.94. The first-order valence-electron chi connectivity index (χ1n) is 7.04. The Labute approximate surface area is 124 Å². The van der Waals surface area contributed by atoms with Crippen molar-refractivity contribution < 1.29 is 18.0 Å². The fourth-order valence-corrected chi connectivity index (χ4v) is 1.99. The molecule has 3 aromatic heterocycles. The van der Waals surface area contributed by atoms with Gasteiger partial charge >= 0.3 is 6.71 Å². The minimum absolute atomic E-state index is 0.111. The van der Waals surface area contributed by atoms with Crippen LogP contribution in [-0.4, -0.2) is 19.9 Å². The number of ether oxygens (including phenoxy) is 1. The van der Waals surface area contributed by atoms with Crippen LogP contribution >= 0.6 is 0 Å². The van der Waals surface area contributed by atoms with Gasteiger partial charge in [-0.3, -0.25) is 0 Å². The summed E-state index contributed by atoms with van der Waals surface area (Å²) in [5.74, 6) is 0. The first-order chi connectivity index (χ1) is 10.4. The quantitative estimate of drug-likeness (QED) is 0.673. The smallest absolute Gasteiger partial charge is 0.374 e. The molecule has 4 nitrogen and oxygen atoms in total. The Morgan fingerprint density at radius 3 is 1.33 bits per heavy atom. The van der Waals surface area contributed by atoms with E-state index < -0.39 is 0 Å². The molecule has 0 unspecified atom stereocenters. The Balaban J connectivity index is 0.000000282. The summed E-state index contributed by atoms with van der Waals surface area (Å²) in [4.78, 5) is 0. The Kier molecular flexibility index (Phi) is 5.97. The molecule has 0 saturated heterocycles. The second-order valence-corrected chi connectivity index (χ2v) is 4.26. The largest absolute Gasteiger partial charge is 0.478 e. The van der Waals surface area contributed by atoms with Gasteiger partial charge in [0.1, 0.15) is 0 Å². The number of hydrogen-bond acceptors (Lipinski definition) is 4. The molecule has 0 radical (unpaired) electrons. The topological polar surface area (TPSA) is 48.7 Å². The lowest BCUT2D eigenvalue weighted by Gasteiger charge is -2.04. The van der Waals surface area contributed by atoms with Crippen molar-refractivity contribution in [3.63, 3.8) is 0 Å². The highest BCUT2D eigenvalue weighted by Gasteiger charge is 2.30. The Hall–Kier alpha value is -2.14. The molecule has 0 aliphatic heterocycles. The third-order valence-electron chi connectivity index (χ3n) is 2.89. The molecule has 110 valence electrons. The minimum Gasteiger partial charge on any atom is -0.478 e. The summed E-state index contributed by atoms with van der Waals surface area (Å²) in [5.41, 5.74) is 2.43. The van der Waals surface area contributed by atoms with E-state index in [1.807, 2.05) is 50.2 Å². The minimum atomic E-state index is -0.111. The summed E-state index contributed by atoms with van der Waals surface area (Å²) in [6.45, 7) is 5.56. The second kappa shape index (κ2) is 8.22. The Bertz CT molecular complexity index is 486. The first kappa shape index (κ1) is 15.3. The van der Waals surface area contributed by atoms with E-state index >= 15 is 0 Å². The van der Waals surface area contributed by atoms with Gasteiger partial charge in [0, 0.05) is 13.2 Å². The van der Waals surface area contributed by atoms with Crippen LogP contribution in [0.1, 0.15) is 13.8 Å². The maximum Gasteiger partial charge on any atom is 0.374 e. The van der Waals surface area contributed by atoms with Crippen LogP contribution in [0.4, 0.5) is 0 Å². The second-order valence-electron chi connectivity index (χ2n) is 4.26. The predicted molar refractivity (Wildman–Crippen MR) is 82.9 cm³/mol. The SMILES string of the molecule is CCOCC.c1coc(B(c2ccco2)c2ccco2)c1. The zero-order valence-electron chi connectivity index (χ0n) is 12.3. The van der Waals surface area contributed by atoms with Crippen LogP contribution in [0.5, 0.6) is 0 Å². The molecule has 0 fully saturated rings. The van der Waals surface area contributed by atoms with Crippen molar-refractivity contribution in [1.82, 2.24) is 0 Å². The van der Waals surface area contributed by atoms with Crippen molar-refractivity contribution in [2.75, 3.05) is 13.2 Å². The Morgan fingerprint density at radius 2 is 1.14 bits per heavy atom. The lowest BCUT2D eigenvalue weighted by atomic mass is 9.44. The third-order valence-corrected chi connectivity index (χ3v) is 2.89. The molecule has 0 spiro atoms. The molecule has 0 amide bonds. The molecule has 0 N–H and O–H groups in total. The molecule has 0 atom stereocenters. The monoisotopic (exact) mass is 286 g/mol. The molecule has 21 heavy (non-hydrogen) atoms. The van der Waals surface area contributed by atoms with Crippen molar-refractivity contribution in [2.45, 2.75) is 13.8 Å². The fourth-order valence-electron chi connectivity index (χ4n) is 1.99. The average molecular weight is 286 g/mol. The van der Waals surface area contributed by atoms with E-state index in [4.69, 9.17) is 18.0 Å². The van der Waals surface area contributed by atoms with Gasteiger partial charge in [-0.1, -0.05) is 0 Å². The van der Waals surface area contributed by atoms with Gasteiger partial charge in [0.15, 0.2) is 0 Å². The normalized spacial score (nSPS) is 10.0. The number of hydrogen-bond donors (Lipinski definition) is 0. The molecule has 3 heterocycles. The molecule has 0 aromatic carbocycles. The van der Waals surface area contributed by atoms with Crippen LogP contribution in [0.15, 0.2) is 68.4 Å². The van der Waals surface area contributed by atoms with E-state index in [1.54, 1.807) is 18.8 Å². The highest BCUT2D eigenvalue weighted by atomic mass is 16.5. The molecule has 5 heteroatoms. The third kappa shape index (κ3) is 4.16. The summed E-state index contributed by atoms with van der Waals surface area (Å²) in [7, 11) is 0. The van der Waals surface area contributed by atoms with Gasteiger partial charge in [0.05, 0.1) is 35.8 Å². The van der Waals surface area contributed by atoms with Gasteiger partial charge in [0.2, 0.25) is 0 Å². The van der Waals surface area contributed by atoms with Crippen LogP contribution in [0.25, 0.3) is 0 Å². The summed E-state index contributed by atoms with van der Waals surface area (Å²) >= 11 is 0. The van der Waals surface area contributed by atoms with Crippen LogP contribution in [0, 0.1) is 0 Å². The summed E-state index contributed by atoms with van der Waals surface area (Å²) in [5, 5.41) is 0. The lowest BCUT2D eigenvalue weighted by Crippen LogP contribution is -2.50. The zero-order valence-corrected chi connectivity index (χ0v) is 12.3. The lowest BCUT2D eigenvalue weighted by molar-refractivity contribution is 0.162. The van der Waals surface area contributed by atoms with E-state index in [0.717, 1.165) is 30.2 Å². The van der Waals surface area contributed by atoms with Gasteiger partial charge in [-0.25, -0.2) is 0 Å². The maximum absolute atomic E-state index is 5.42. The molecule has 0 saturated carbocycles. The van der Waals surface area contributed by atoms with Crippen molar-refractivity contribution in [3.05, 3.63) is 55.2 Å². The van der Waals surface area contributed by atoms with E-state index in [2.05, 4.69) is 0 Å². The van der Waals surface area contributed by atoms with Crippen LogP contribution in [0.3, 0.4) is 0 Å². The summed E-state index contributed by atoms with van der Waals surface area (Å²) < 4.78 is 21.1. The van der Waals surface area contributed by atoms with Gasteiger partial charge in [0.25, 0.3) is 0 Å². The first-order valence-corrected chi connectivity index (χ1v) is 7.04. The van der Waals surface area contributed by atoms with Gasteiger partial charge in [-0.15, -0.1) is 0 Å². The predicted octanol–water partition coefficient (Wildman–Crippen LogP) is 2.02.